The predicted octanol–water partition coefficient (Wildman–Crippen LogP) is 4.89. The molecule has 7 heteroatoms. The number of benzene rings is 1. The van der Waals surface area contributed by atoms with Gasteiger partial charge in [0.2, 0.25) is 5.78 Å². The average molecular weight is 418 g/mol. The lowest BCUT2D eigenvalue weighted by Gasteiger charge is -2.22. The molecule has 2 rings (SSSR count). The van der Waals surface area contributed by atoms with Crippen molar-refractivity contribution in [2.75, 3.05) is 24.6 Å². The van der Waals surface area contributed by atoms with Gasteiger partial charge in [0, 0.05) is 30.9 Å². The summed E-state index contributed by atoms with van der Waals surface area (Å²) in [5, 5.41) is 2.54. The van der Waals surface area contributed by atoms with E-state index in [9.17, 15) is 9.59 Å². The van der Waals surface area contributed by atoms with Crippen molar-refractivity contribution in [3.63, 3.8) is 0 Å². The Kier molecular flexibility index (Phi) is 8.02. The minimum atomic E-state index is -0.686. The van der Waals surface area contributed by atoms with Crippen LogP contribution < -0.4 is 10.2 Å². The fourth-order valence-electron chi connectivity index (χ4n) is 3.08. The number of hydrogen-bond donors (Lipinski definition) is 1. The number of allylic oxidation sites excluding steroid dienone is 3. The maximum Gasteiger partial charge on any atom is 0.411 e. The Morgan fingerprint density at radius 2 is 1.97 bits per heavy atom. The van der Waals surface area contributed by atoms with Gasteiger partial charge in [0.15, 0.2) is 0 Å². The van der Waals surface area contributed by atoms with E-state index in [-0.39, 0.29) is 23.3 Å². The molecule has 0 saturated heterocycles. The average Bonchev–Trinajstić information content (AvgIpc) is 2.69. The minimum absolute atomic E-state index is 0.0874. The highest BCUT2D eigenvalue weighted by Gasteiger charge is 2.27. The standard InChI is InChI=1S/C22H28ClN3O3/c1-6-26(7-2)17-9-10-18(14(4)11-17)24-13-16-12-19(25-22(28)29-8-3)21(27)20(23)15(16)5/h9-13,16H,6-8H2,1-5H3,(H,25,28). The number of amides is 1. The first-order valence-corrected chi connectivity index (χ1v) is 10.2. The van der Waals surface area contributed by atoms with Gasteiger partial charge in [-0.2, -0.15) is 0 Å². The van der Waals surface area contributed by atoms with Crippen molar-refractivity contribution in [2.24, 2.45) is 10.9 Å². The Morgan fingerprint density at radius 3 is 2.55 bits per heavy atom. The molecule has 0 aliphatic heterocycles. The molecule has 0 heterocycles. The number of ketones is 1. The van der Waals surface area contributed by atoms with Gasteiger partial charge < -0.3 is 9.64 Å². The Labute approximate surface area is 177 Å². The van der Waals surface area contributed by atoms with E-state index in [4.69, 9.17) is 16.3 Å². The number of carbonyl (C=O) groups is 2. The Hall–Kier alpha value is -2.60. The molecule has 156 valence electrons. The number of nitrogens with zero attached hydrogens (tertiary/aromatic N) is 2. The van der Waals surface area contributed by atoms with Gasteiger partial charge in [0.1, 0.15) is 0 Å². The van der Waals surface area contributed by atoms with Crippen LogP contribution in [0, 0.1) is 12.8 Å². The van der Waals surface area contributed by atoms with E-state index in [0.29, 0.717) is 5.57 Å². The zero-order valence-electron chi connectivity index (χ0n) is 17.6. The van der Waals surface area contributed by atoms with Gasteiger partial charge in [-0.1, -0.05) is 11.6 Å². The largest absolute Gasteiger partial charge is 0.450 e. The summed E-state index contributed by atoms with van der Waals surface area (Å²) in [7, 11) is 0. The number of rotatable bonds is 7. The predicted molar refractivity (Wildman–Crippen MR) is 118 cm³/mol. The van der Waals surface area contributed by atoms with Crippen LogP contribution in [0.25, 0.3) is 0 Å². The van der Waals surface area contributed by atoms with Crippen molar-refractivity contribution >= 4 is 41.1 Å². The summed E-state index contributed by atoms with van der Waals surface area (Å²) in [6, 6.07) is 6.15. The number of ether oxygens (including phenoxy) is 1. The molecule has 1 amide bonds. The highest BCUT2D eigenvalue weighted by molar-refractivity contribution is 6.46. The summed E-state index contributed by atoms with van der Waals surface area (Å²) < 4.78 is 4.84. The lowest BCUT2D eigenvalue weighted by molar-refractivity contribution is -0.112. The van der Waals surface area contributed by atoms with E-state index in [2.05, 4.69) is 41.2 Å². The normalized spacial score (nSPS) is 16.8. The second-order valence-corrected chi connectivity index (χ2v) is 7.08. The van der Waals surface area contributed by atoms with E-state index in [1.165, 1.54) is 0 Å². The first-order valence-electron chi connectivity index (χ1n) is 9.78. The van der Waals surface area contributed by atoms with Gasteiger partial charge in [-0.25, -0.2) is 4.79 Å². The van der Waals surface area contributed by atoms with E-state index >= 15 is 0 Å². The third-order valence-corrected chi connectivity index (χ3v) is 5.30. The molecule has 1 aromatic carbocycles. The molecule has 6 nitrogen and oxygen atoms in total. The first kappa shape index (κ1) is 22.7. The van der Waals surface area contributed by atoms with Crippen molar-refractivity contribution in [3.05, 3.63) is 46.1 Å². The molecule has 0 spiro atoms. The van der Waals surface area contributed by atoms with Gasteiger partial charge in [-0.3, -0.25) is 15.1 Å². The third kappa shape index (κ3) is 5.48. The summed E-state index contributed by atoms with van der Waals surface area (Å²) in [4.78, 5) is 30.9. The van der Waals surface area contributed by atoms with Crippen LogP contribution in [0.3, 0.4) is 0 Å². The topological polar surface area (TPSA) is 71.0 Å². The molecule has 0 bridgehead atoms. The third-order valence-electron chi connectivity index (χ3n) is 4.83. The molecule has 1 atom stereocenters. The van der Waals surface area contributed by atoms with Gasteiger partial charge >= 0.3 is 6.09 Å². The number of halogens is 1. The number of aryl methyl sites for hydroxylation is 1. The molecule has 0 saturated carbocycles. The zero-order valence-corrected chi connectivity index (χ0v) is 18.3. The summed E-state index contributed by atoms with van der Waals surface area (Å²) >= 11 is 6.20. The van der Waals surface area contributed by atoms with Crippen LogP contribution in [-0.2, 0) is 9.53 Å². The van der Waals surface area contributed by atoms with E-state index in [0.717, 1.165) is 30.0 Å². The fraction of sp³-hybridized carbons (Fsp3) is 0.409. The SMILES string of the molecule is CCOC(=O)NC1=CC(C=Nc2ccc(N(CC)CC)cc2C)C(C)=C(Cl)C1=O. The molecule has 0 fully saturated rings. The van der Waals surface area contributed by atoms with Crippen LogP contribution >= 0.6 is 11.6 Å². The van der Waals surface area contributed by atoms with Crippen LogP contribution in [0.1, 0.15) is 33.3 Å². The molecule has 1 unspecified atom stereocenters. The molecular weight excluding hydrogens is 390 g/mol. The minimum Gasteiger partial charge on any atom is -0.450 e. The molecule has 1 N–H and O–H groups in total. The summed E-state index contributed by atoms with van der Waals surface area (Å²) in [5.74, 6) is -0.736. The van der Waals surface area contributed by atoms with Crippen molar-refractivity contribution < 1.29 is 14.3 Å². The van der Waals surface area contributed by atoms with E-state index in [1.807, 2.05) is 13.0 Å². The van der Waals surface area contributed by atoms with Crippen molar-refractivity contribution in [1.82, 2.24) is 5.32 Å². The molecule has 1 aromatic rings. The maximum atomic E-state index is 12.3. The second kappa shape index (κ2) is 10.3. The Balaban J connectivity index is 2.26. The molecule has 29 heavy (non-hydrogen) atoms. The molecule has 0 aromatic heterocycles. The monoisotopic (exact) mass is 417 g/mol. The zero-order chi connectivity index (χ0) is 21.6. The van der Waals surface area contributed by atoms with Crippen LogP contribution in [0.4, 0.5) is 16.2 Å². The quantitative estimate of drug-likeness (QED) is 0.641. The van der Waals surface area contributed by atoms with Crippen molar-refractivity contribution in [3.8, 4) is 0 Å². The van der Waals surface area contributed by atoms with Crippen LogP contribution in [0.5, 0.6) is 0 Å². The number of aliphatic imine (C=N–C) groups is 1. The van der Waals surface area contributed by atoms with Gasteiger partial charge in [0.25, 0.3) is 0 Å². The Morgan fingerprint density at radius 1 is 1.28 bits per heavy atom. The number of Topliss-reactive ketones (excluding diaryl/α,β-unsaturated/α-hetero) is 1. The summed E-state index contributed by atoms with van der Waals surface area (Å²) in [5.41, 5.74) is 3.85. The lowest BCUT2D eigenvalue weighted by atomic mass is 9.93. The number of anilines is 1. The van der Waals surface area contributed by atoms with E-state index in [1.54, 1.807) is 26.1 Å². The molecule has 0 radical (unpaired) electrons. The molecular formula is C22H28ClN3O3. The fourth-order valence-corrected chi connectivity index (χ4v) is 3.31. The Bertz CT molecular complexity index is 870. The van der Waals surface area contributed by atoms with Crippen LogP contribution in [0.2, 0.25) is 0 Å². The second-order valence-electron chi connectivity index (χ2n) is 6.70. The smallest absolute Gasteiger partial charge is 0.411 e. The number of carbonyl (C=O) groups excluding carboxylic acids is 2. The summed E-state index contributed by atoms with van der Waals surface area (Å²) in [6.07, 6.45) is 2.69. The van der Waals surface area contributed by atoms with Gasteiger partial charge in [-0.15, -0.1) is 0 Å². The lowest BCUT2D eigenvalue weighted by Crippen LogP contribution is -2.31. The van der Waals surface area contributed by atoms with Crippen molar-refractivity contribution in [2.45, 2.75) is 34.6 Å². The van der Waals surface area contributed by atoms with Gasteiger partial charge in [0.05, 0.1) is 23.0 Å². The van der Waals surface area contributed by atoms with Crippen LogP contribution in [0.15, 0.2) is 45.6 Å². The summed E-state index contributed by atoms with van der Waals surface area (Å²) in [6.45, 7) is 11.8. The molecule has 1 aliphatic carbocycles. The number of hydrogen-bond acceptors (Lipinski definition) is 5. The molecule has 1 aliphatic rings. The van der Waals surface area contributed by atoms with E-state index < -0.39 is 11.9 Å². The highest BCUT2D eigenvalue weighted by Crippen LogP contribution is 2.29. The highest BCUT2D eigenvalue weighted by atomic mass is 35.5. The van der Waals surface area contributed by atoms with Crippen LogP contribution in [-0.4, -0.2) is 37.8 Å². The van der Waals surface area contributed by atoms with Crippen molar-refractivity contribution in [1.29, 1.82) is 0 Å². The number of alkyl carbamates (subject to hydrolysis) is 1. The van der Waals surface area contributed by atoms with Gasteiger partial charge in [-0.05, 0) is 70.0 Å². The number of nitrogens with one attached hydrogen (secondary N) is 1. The first-order chi connectivity index (χ1) is 13.8. The maximum absolute atomic E-state index is 12.3.